The molecule has 0 bridgehead atoms. The van der Waals surface area contributed by atoms with Crippen LogP contribution in [0.1, 0.15) is 55.9 Å². The fourth-order valence-corrected chi connectivity index (χ4v) is 2.47. The highest BCUT2D eigenvalue weighted by molar-refractivity contribution is 5.93. The van der Waals surface area contributed by atoms with Crippen LogP contribution < -0.4 is 5.32 Å². The van der Waals surface area contributed by atoms with Gasteiger partial charge in [-0.25, -0.2) is 0 Å². The van der Waals surface area contributed by atoms with Crippen LogP contribution in [0.4, 0.5) is 0 Å². The number of nitrogens with one attached hydrogen (secondary N) is 1. The van der Waals surface area contributed by atoms with E-state index in [-0.39, 0.29) is 11.3 Å². The number of carbonyl (C=O) groups excluding carboxylic acids is 1. The van der Waals surface area contributed by atoms with Gasteiger partial charge in [0.25, 0.3) is 5.91 Å². The van der Waals surface area contributed by atoms with Gasteiger partial charge in [0.1, 0.15) is 5.76 Å². The molecule has 0 aliphatic heterocycles. The van der Waals surface area contributed by atoms with E-state index in [1.807, 2.05) is 13.8 Å². The smallest absolute Gasteiger partial charge is 0.273 e. The van der Waals surface area contributed by atoms with Gasteiger partial charge >= 0.3 is 0 Å². The quantitative estimate of drug-likeness (QED) is 0.840. The maximum atomic E-state index is 12.3. The van der Waals surface area contributed by atoms with Crippen molar-refractivity contribution in [3.8, 4) is 0 Å². The first-order valence-corrected chi connectivity index (χ1v) is 7.66. The van der Waals surface area contributed by atoms with Crippen LogP contribution in [-0.2, 0) is 6.42 Å². The molecule has 2 atom stereocenters. The molecule has 5 nitrogen and oxygen atoms in total. The van der Waals surface area contributed by atoms with Gasteiger partial charge in [0.05, 0.1) is 0 Å². The van der Waals surface area contributed by atoms with E-state index in [0.717, 1.165) is 24.2 Å². The van der Waals surface area contributed by atoms with Crippen molar-refractivity contribution in [1.29, 1.82) is 0 Å². The average molecular weight is 295 g/mol. The topological polar surface area (TPSA) is 58.4 Å². The van der Waals surface area contributed by atoms with Crippen LogP contribution in [0.3, 0.4) is 0 Å². The number of hydrogen-bond donors (Lipinski definition) is 1. The van der Waals surface area contributed by atoms with Crippen LogP contribution >= 0.6 is 0 Å². The van der Waals surface area contributed by atoms with Crippen molar-refractivity contribution in [2.24, 2.45) is 5.41 Å². The molecule has 1 aromatic rings. The fourth-order valence-electron chi connectivity index (χ4n) is 2.47. The molecule has 0 aromatic carbocycles. The number of rotatable bonds is 7. The summed E-state index contributed by atoms with van der Waals surface area (Å²) in [7, 11) is 4.13. The Bertz CT molecular complexity index is 482. The predicted molar refractivity (Wildman–Crippen MR) is 84.5 cm³/mol. The maximum Gasteiger partial charge on any atom is 0.273 e. The molecule has 0 aliphatic rings. The molecule has 0 radical (unpaired) electrons. The summed E-state index contributed by atoms with van der Waals surface area (Å²) in [5, 5.41) is 6.91. The van der Waals surface area contributed by atoms with Gasteiger partial charge in [-0.05, 0) is 39.8 Å². The highest BCUT2D eigenvalue weighted by Gasteiger charge is 2.31. The van der Waals surface area contributed by atoms with Crippen LogP contribution in [0.15, 0.2) is 4.52 Å². The fraction of sp³-hybridized carbons (Fsp3) is 0.750. The Kier molecular flexibility index (Phi) is 5.96. The maximum absolute atomic E-state index is 12.3. The van der Waals surface area contributed by atoms with Gasteiger partial charge in [-0.1, -0.05) is 25.9 Å². The van der Waals surface area contributed by atoms with Gasteiger partial charge < -0.3 is 14.7 Å². The first kappa shape index (κ1) is 17.7. The van der Waals surface area contributed by atoms with E-state index in [1.54, 1.807) is 0 Å². The van der Waals surface area contributed by atoms with Crippen LogP contribution in [-0.4, -0.2) is 42.6 Å². The molecule has 1 heterocycles. The van der Waals surface area contributed by atoms with Crippen molar-refractivity contribution in [3.63, 3.8) is 0 Å². The van der Waals surface area contributed by atoms with E-state index in [1.165, 1.54) is 0 Å². The lowest BCUT2D eigenvalue weighted by atomic mass is 9.80. The van der Waals surface area contributed by atoms with Crippen molar-refractivity contribution >= 4 is 5.91 Å². The Hall–Kier alpha value is -1.36. The molecule has 21 heavy (non-hydrogen) atoms. The average Bonchev–Trinajstić information content (AvgIpc) is 2.84. The highest BCUT2D eigenvalue weighted by atomic mass is 16.5. The minimum Gasteiger partial charge on any atom is -0.360 e. The minimum atomic E-state index is -0.151. The summed E-state index contributed by atoms with van der Waals surface area (Å²) in [4.78, 5) is 14.5. The Morgan fingerprint density at radius 3 is 2.48 bits per heavy atom. The van der Waals surface area contributed by atoms with Crippen LogP contribution in [0.25, 0.3) is 0 Å². The third-order valence-corrected chi connectivity index (χ3v) is 4.80. The van der Waals surface area contributed by atoms with E-state index >= 15 is 0 Å². The number of aryl methyl sites for hydroxylation is 1. The lowest BCUT2D eigenvalue weighted by molar-refractivity contribution is 0.0862. The largest absolute Gasteiger partial charge is 0.360 e. The molecule has 5 heteroatoms. The van der Waals surface area contributed by atoms with Gasteiger partial charge in [-0.15, -0.1) is 0 Å². The summed E-state index contributed by atoms with van der Waals surface area (Å²) >= 11 is 0. The van der Waals surface area contributed by atoms with Crippen molar-refractivity contribution in [2.45, 2.75) is 53.5 Å². The Labute approximate surface area is 128 Å². The van der Waals surface area contributed by atoms with Gasteiger partial charge in [-0.2, -0.15) is 0 Å². The highest BCUT2D eigenvalue weighted by Crippen LogP contribution is 2.27. The SMILES string of the molecule is CCc1onc(C(=O)NCC(C)(CC)C(C)N(C)C)c1C. The summed E-state index contributed by atoms with van der Waals surface area (Å²) < 4.78 is 5.19. The molecule has 0 fully saturated rings. The third-order valence-electron chi connectivity index (χ3n) is 4.80. The summed E-state index contributed by atoms with van der Waals surface area (Å²) in [5.41, 5.74) is 1.27. The second-order valence-corrected chi connectivity index (χ2v) is 6.26. The van der Waals surface area contributed by atoms with Crippen molar-refractivity contribution in [1.82, 2.24) is 15.4 Å². The first-order valence-electron chi connectivity index (χ1n) is 7.66. The summed E-state index contributed by atoms with van der Waals surface area (Å²) in [6.45, 7) is 11.0. The predicted octanol–water partition coefficient (Wildman–Crippen LogP) is 2.64. The molecule has 0 spiro atoms. The molecule has 1 N–H and O–H groups in total. The third kappa shape index (κ3) is 3.84. The molecular weight excluding hydrogens is 266 g/mol. The minimum absolute atomic E-state index is 0.0182. The standard InChI is InChI=1S/C16H29N3O2/c1-8-13-11(3)14(18-21-13)15(20)17-10-16(5,9-2)12(4)19(6)7/h12H,8-10H2,1-7H3,(H,17,20). The first-order chi connectivity index (χ1) is 9.76. The van der Waals surface area contributed by atoms with E-state index in [2.05, 4.69) is 50.2 Å². The van der Waals surface area contributed by atoms with Crippen LogP contribution in [0.2, 0.25) is 0 Å². The zero-order chi connectivity index (χ0) is 16.2. The summed E-state index contributed by atoms with van der Waals surface area (Å²) in [6, 6.07) is 0.368. The van der Waals surface area contributed by atoms with E-state index in [0.29, 0.717) is 18.3 Å². The molecule has 0 aliphatic carbocycles. The van der Waals surface area contributed by atoms with E-state index in [9.17, 15) is 4.79 Å². The van der Waals surface area contributed by atoms with Gasteiger partial charge in [-0.3, -0.25) is 4.79 Å². The molecule has 0 saturated heterocycles. The van der Waals surface area contributed by atoms with Crippen LogP contribution in [0.5, 0.6) is 0 Å². The second kappa shape index (κ2) is 7.07. The van der Waals surface area contributed by atoms with Crippen molar-refractivity contribution in [3.05, 3.63) is 17.0 Å². The van der Waals surface area contributed by atoms with E-state index < -0.39 is 0 Å². The van der Waals surface area contributed by atoms with Crippen molar-refractivity contribution < 1.29 is 9.32 Å². The molecular formula is C16H29N3O2. The number of aromatic nitrogens is 1. The molecule has 1 amide bonds. The lowest BCUT2D eigenvalue weighted by Gasteiger charge is -2.38. The number of amides is 1. The second-order valence-electron chi connectivity index (χ2n) is 6.26. The molecule has 120 valence electrons. The molecule has 1 rings (SSSR count). The van der Waals surface area contributed by atoms with E-state index in [4.69, 9.17) is 4.52 Å². The van der Waals surface area contributed by atoms with Gasteiger partial charge in [0.2, 0.25) is 0 Å². The number of nitrogens with zero attached hydrogens (tertiary/aromatic N) is 2. The lowest BCUT2D eigenvalue weighted by Crippen LogP contribution is -2.47. The van der Waals surface area contributed by atoms with Crippen molar-refractivity contribution in [2.75, 3.05) is 20.6 Å². The summed E-state index contributed by atoms with van der Waals surface area (Å²) in [5.74, 6) is 0.627. The van der Waals surface area contributed by atoms with Gasteiger partial charge in [0, 0.05) is 24.6 Å². The Morgan fingerprint density at radius 2 is 2.05 bits per heavy atom. The monoisotopic (exact) mass is 295 g/mol. The summed E-state index contributed by atoms with van der Waals surface area (Å²) in [6.07, 6.45) is 1.74. The number of hydrogen-bond acceptors (Lipinski definition) is 4. The molecule has 1 aromatic heterocycles. The molecule has 0 saturated carbocycles. The number of carbonyl (C=O) groups is 1. The van der Waals surface area contributed by atoms with Crippen LogP contribution in [0, 0.1) is 12.3 Å². The molecule has 2 unspecified atom stereocenters. The zero-order valence-electron chi connectivity index (χ0n) is 14.4. The Morgan fingerprint density at radius 1 is 1.43 bits per heavy atom. The Balaban J connectivity index is 2.76. The van der Waals surface area contributed by atoms with Gasteiger partial charge in [0.15, 0.2) is 5.69 Å². The normalized spacial score (nSPS) is 15.8. The zero-order valence-corrected chi connectivity index (χ0v) is 14.4.